The number of rotatable bonds is 3. The second kappa shape index (κ2) is 7.09. The van der Waals surface area contributed by atoms with Gasteiger partial charge in [-0.25, -0.2) is 9.97 Å². The van der Waals surface area contributed by atoms with Crippen LogP contribution in [0.2, 0.25) is 0 Å². The summed E-state index contributed by atoms with van der Waals surface area (Å²) in [6.45, 7) is 2.73. The maximum absolute atomic E-state index is 13.0. The molecule has 3 aromatic heterocycles. The number of hydrogen-bond acceptors (Lipinski definition) is 6. The molecular weight excluding hydrogens is 368 g/mol. The molecule has 1 aliphatic rings. The van der Waals surface area contributed by atoms with Crippen molar-refractivity contribution in [3.63, 3.8) is 0 Å². The van der Waals surface area contributed by atoms with Gasteiger partial charge in [-0.05, 0) is 42.5 Å². The summed E-state index contributed by atoms with van der Waals surface area (Å²) in [5.41, 5.74) is 1.27. The average Bonchev–Trinajstić information content (AvgIpc) is 3.20. The van der Waals surface area contributed by atoms with Crippen LogP contribution in [0.25, 0.3) is 22.0 Å². The van der Waals surface area contributed by atoms with Crippen molar-refractivity contribution in [3.8, 4) is 5.75 Å². The summed E-state index contributed by atoms with van der Waals surface area (Å²) >= 11 is 0. The molecule has 1 fully saturated rings. The van der Waals surface area contributed by atoms with Crippen molar-refractivity contribution in [2.24, 2.45) is 0 Å². The predicted molar refractivity (Wildman–Crippen MR) is 110 cm³/mol. The highest BCUT2D eigenvalue weighted by Crippen LogP contribution is 2.26. The maximum atomic E-state index is 13.0. The highest BCUT2D eigenvalue weighted by Gasteiger charge is 2.25. The molecule has 1 aromatic carbocycles. The van der Waals surface area contributed by atoms with E-state index in [4.69, 9.17) is 9.15 Å². The van der Waals surface area contributed by atoms with Gasteiger partial charge in [-0.1, -0.05) is 6.07 Å². The number of ether oxygens (including phenoxy) is 1. The minimum Gasteiger partial charge on any atom is -0.497 e. The molecule has 1 amide bonds. The first-order valence-corrected chi connectivity index (χ1v) is 9.55. The summed E-state index contributed by atoms with van der Waals surface area (Å²) in [4.78, 5) is 25.9. The van der Waals surface area contributed by atoms with Gasteiger partial charge >= 0.3 is 0 Å². The van der Waals surface area contributed by atoms with E-state index in [0.29, 0.717) is 24.6 Å². The molecule has 7 nitrogen and oxygen atoms in total. The van der Waals surface area contributed by atoms with Gasteiger partial charge in [0.05, 0.1) is 12.6 Å². The smallest absolute Gasteiger partial charge is 0.289 e. The van der Waals surface area contributed by atoms with Gasteiger partial charge in [0.1, 0.15) is 11.6 Å². The molecule has 0 unspecified atom stereocenters. The molecule has 0 aliphatic carbocycles. The Hall–Kier alpha value is -3.61. The molecule has 4 heterocycles. The summed E-state index contributed by atoms with van der Waals surface area (Å²) in [5.74, 6) is 1.92. The third-order valence-corrected chi connectivity index (χ3v) is 5.26. The van der Waals surface area contributed by atoms with Crippen LogP contribution in [-0.4, -0.2) is 54.1 Å². The van der Waals surface area contributed by atoms with Gasteiger partial charge in [-0.3, -0.25) is 4.79 Å². The third-order valence-electron chi connectivity index (χ3n) is 5.26. The number of amides is 1. The van der Waals surface area contributed by atoms with Gasteiger partial charge < -0.3 is 19.0 Å². The summed E-state index contributed by atoms with van der Waals surface area (Å²) < 4.78 is 11.1. The SMILES string of the molecule is COc1ccc2nc3oc(C(=O)N4CCN(c5ccccn5)CC4)cc3cc2c1. The molecule has 1 aliphatic heterocycles. The van der Waals surface area contributed by atoms with Crippen molar-refractivity contribution in [1.82, 2.24) is 14.9 Å². The van der Waals surface area contributed by atoms with E-state index in [-0.39, 0.29) is 5.91 Å². The Morgan fingerprint density at radius 1 is 1.03 bits per heavy atom. The molecular formula is C22H20N4O3. The monoisotopic (exact) mass is 388 g/mol. The number of methoxy groups -OCH3 is 1. The predicted octanol–water partition coefficient (Wildman–Crippen LogP) is 3.35. The highest BCUT2D eigenvalue weighted by molar-refractivity contribution is 5.98. The Balaban J connectivity index is 1.36. The molecule has 0 saturated carbocycles. The standard InChI is InChI=1S/C22H20N4O3/c1-28-17-5-6-18-15(13-17)12-16-14-19(29-21(16)24-18)22(27)26-10-8-25(9-11-26)20-4-2-3-7-23-20/h2-7,12-14H,8-11H2,1H3. The number of fused-ring (bicyclic) bond motifs is 2. The lowest BCUT2D eigenvalue weighted by atomic mass is 10.2. The number of anilines is 1. The van der Waals surface area contributed by atoms with E-state index in [9.17, 15) is 4.79 Å². The fourth-order valence-electron chi connectivity index (χ4n) is 3.68. The van der Waals surface area contributed by atoms with Gasteiger partial charge in [0.2, 0.25) is 5.71 Å². The second-order valence-corrected chi connectivity index (χ2v) is 7.02. The Labute approximate surface area is 167 Å². The summed E-state index contributed by atoms with van der Waals surface area (Å²) in [6, 6.07) is 15.3. The molecule has 29 heavy (non-hydrogen) atoms. The van der Waals surface area contributed by atoms with Crippen molar-refractivity contribution in [2.45, 2.75) is 0 Å². The number of aromatic nitrogens is 2. The van der Waals surface area contributed by atoms with Crippen molar-refractivity contribution in [2.75, 3.05) is 38.2 Å². The fourth-order valence-corrected chi connectivity index (χ4v) is 3.68. The fraction of sp³-hybridized carbons (Fsp3) is 0.227. The van der Waals surface area contributed by atoms with E-state index in [1.165, 1.54) is 0 Å². The molecule has 0 spiro atoms. The highest BCUT2D eigenvalue weighted by atomic mass is 16.5. The molecule has 1 saturated heterocycles. The van der Waals surface area contributed by atoms with E-state index in [1.54, 1.807) is 19.4 Å². The minimum absolute atomic E-state index is 0.106. The molecule has 0 atom stereocenters. The lowest BCUT2D eigenvalue weighted by molar-refractivity contribution is 0.0716. The van der Waals surface area contributed by atoms with Crippen LogP contribution in [0.1, 0.15) is 10.6 Å². The summed E-state index contributed by atoms with van der Waals surface area (Å²) in [7, 11) is 1.63. The number of piperazine rings is 1. The van der Waals surface area contributed by atoms with Crippen LogP contribution < -0.4 is 9.64 Å². The number of hydrogen-bond donors (Lipinski definition) is 0. The van der Waals surface area contributed by atoms with Gasteiger partial charge in [-0.2, -0.15) is 0 Å². The Morgan fingerprint density at radius 2 is 1.90 bits per heavy atom. The molecule has 0 radical (unpaired) electrons. The Bertz CT molecular complexity index is 1180. The van der Waals surface area contributed by atoms with Gasteiger partial charge in [0, 0.05) is 43.1 Å². The summed E-state index contributed by atoms with van der Waals surface area (Å²) in [6.07, 6.45) is 1.79. The number of pyridine rings is 2. The van der Waals surface area contributed by atoms with E-state index in [1.807, 2.05) is 47.4 Å². The molecule has 0 N–H and O–H groups in total. The number of furan rings is 1. The van der Waals surface area contributed by atoms with E-state index in [0.717, 1.165) is 40.9 Å². The lowest BCUT2D eigenvalue weighted by Gasteiger charge is -2.34. The number of carbonyl (C=O) groups excluding carboxylic acids is 1. The van der Waals surface area contributed by atoms with Crippen molar-refractivity contribution in [1.29, 1.82) is 0 Å². The van der Waals surface area contributed by atoms with E-state index in [2.05, 4.69) is 14.9 Å². The van der Waals surface area contributed by atoms with E-state index < -0.39 is 0 Å². The van der Waals surface area contributed by atoms with E-state index >= 15 is 0 Å². The minimum atomic E-state index is -0.106. The first kappa shape index (κ1) is 17.5. The average molecular weight is 388 g/mol. The van der Waals surface area contributed by atoms with Gasteiger partial charge in [-0.15, -0.1) is 0 Å². The molecule has 7 heteroatoms. The van der Waals surface area contributed by atoms with Crippen LogP contribution >= 0.6 is 0 Å². The lowest BCUT2D eigenvalue weighted by Crippen LogP contribution is -2.49. The number of benzene rings is 1. The Morgan fingerprint density at radius 3 is 2.66 bits per heavy atom. The first-order chi connectivity index (χ1) is 14.2. The van der Waals surface area contributed by atoms with Crippen LogP contribution in [0.3, 0.4) is 0 Å². The Kier molecular flexibility index (Phi) is 4.27. The third kappa shape index (κ3) is 3.24. The van der Waals surface area contributed by atoms with Gasteiger partial charge in [0.25, 0.3) is 5.91 Å². The van der Waals surface area contributed by atoms with Crippen LogP contribution in [0.4, 0.5) is 5.82 Å². The van der Waals surface area contributed by atoms with Crippen molar-refractivity contribution in [3.05, 3.63) is 60.5 Å². The zero-order chi connectivity index (χ0) is 19.8. The number of carbonyl (C=O) groups is 1. The van der Waals surface area contributed by atoms with Crippen LogP contribution in [0.15, 0.2) is 59.1 Å². The number of nitrogens with zero attached hydrogens (tertiary/aromatic N) is 4. The van der Waals surface area contributed by atoms with Crippen LogP contribution in [0, 0.1) is 0 Å². The quantitative estimate of drug-likeness (QED) is 0.536. The second-order valence-electron chi connectivity index (χ2n) is 7.02. The maximum Gasteiger partial charge on any atom is 0.289 e. The molecule has 146 valence electrons. The zero-order valence-corrected chi connectivity index (χ0v) is 16.0. The zero-order valence-electron chi connectivity index (χ0n) is 16.0. The molecule has 4 aromatic rings. The summed E-state index contributed by atoms with van der Waals surface area (Å²) in [5, 5.41) is 1.75. The van der Waals surface area contributed by atoms with Crippen LogP contribution in [-0.2, 0) is 0 Å². The first-order valence-electron chi connectivity index (χ1n) is 9.55. The topological polar surface area (TPSA) is 71.7 Å². The molecule has 5 rings (SSSR count). The molecule has 0 bridgehead atoms. The van der Waals surface area contributed by atoms with Crippen molar-refractivity contribution < 1.29 is 13.9 Å². The normalized spacial score (nSPS) is 14.5. The largest absolute Gasteiger partial charge is 0.497 e. The van der Waals surface area contributed by atoms with Crippen molar-refractivity contribution >= 4 is 33.7 Å². The van der Waals surface area contributed by atoms with Crippen LogP contribution in [0.5, 0.6) is 5.75 Å². The van der Waals surface area contributed by atoms with Gasteiger partial charge in [0.15, 0.2) is 5.76 Å².